The molecular weight excluding hydrogens is 298 g/mol. The predicted molar refractivity (Wildman–Crippen MR) is 98.0 cm³/mol. The minimum absolute atomic E-state index is 0.589. The van der Waals surface area contributed by atoms with Gasteiger partial charge in [-0.1, -0.05) is 54.6 Å². The van der Waals surface area contributed by atoms with Crippen molar-refractivity contribution in [2.45, 2.75) is 19.3 Å². The number of hydrogen-bond acceptors (Lipinski definition) is 3. The zero-order valence-corrected chi connectivity index (χ0v) is 13.7. The monoisotopic (exact) mass is 321 g/mol. The first-order chi connectivity index (χ1) is 11.7. The van der Waals surface area contributed by atoms with Crippen LogP contribution in [-0.2, 0) is 0 Å². The highest BCUT2D eigenvalue weighted by molar-refractivity contribution is 5.79. The van der Waals surface area contributed by atoms with E-state index in [-0.39, 0.29) is 0 Å². The molecule has 0 aliphatic heterocycles. The number of hydrogen-bond donors (Lipinski definition) is 1. The average molecular weight is 321 g/mol. The smallest absolute Gasteiger partial charge is 0.150 e. The van der Waals surface area contributed by atoms with Crippen LogP contribution in [0.5, 0.6) is 0 Å². The highest BCUT2D eigenvalue weighted by Crippen LogP contribution is 2.38. The molecule has 2 atom stereocenters. The zero-order valence-electron chi connectivity index (χ0n) is 13.7. The van der Waals surface area contributed by atoms with Crippen molar-refractivity contribution in [3.63, 3.8) is 0 Å². The van der Waals surface area contributed by atoms with Gasteiger partial charge in [-0.15, -0.1) is 0 Å². The Morgan fingerprint density at radius 3 is 1.42 bits per heavy atom. The van der Waals surface area contributed by atoms with E-state index in [9.17, 15) is 9.59 Å². The van der Waals surface area contributed by atoms with Crippen LogP contribution in [0, 0.1) is 11.8 Å². The number of carbonyl (C=O) groups is 2. The molecule has 2 N–H and O–H groups in total. The van der Waals surface area contributed by atoms with Crippen molar-refractivity contribution in [1.82, 2.24) is 0 Å². The average Bonchev–Trinajstić information content (AvgIpc) is 3.29. The fraction of sp³-hybridized carbons (Fsp3) is 0.238. The van der Waals surface area contributed by atoms with Crippen molar-refractivity contribution in [3.05, 3.63) is 77.9 Å². The van der Waals surface area contributed by atoms with Crippen molar-refractivity contribution in [1.29, 1.82) is 0 Å². The number of nitrogens with two attached hydrogens (primary N) is 1. The molecule has 0 spiro atoms. The van der Waals surface area contributed by atoms with Gasteiger partial charge in [0.2, 0.25) is 0 Å². The first-order valence-corrected chi connectivity index (χ1v) is 8.20. The van der Waals surface area contributed by atoms with E-state index in [1.807, 2.05) is 30.3 Å². The molecule has 3 nitrogen and oxygen atoms in total. The maximum atomic E-state index is 10.1. The predicted octanol–water partition coefficient (Wildman–Crippen LogP) is 4.55. The number of allylic oxidation sites excluding steroid dienone is 2. The number of nitrogen functional groups attached to an aromatic ring is 1. The standard InChI is InChI=1S/C8H6O2.C7H10.C6H7N/c9-5-7-1-2-8(6-10)4-3-7;1-2-7-4-3-6(1)5-7;7-6-4-2-1-3-5-6/h1-6H;1-2,6-7H,3-5H2;1-5H,7H2. The molecule has 124 valence electrons. The van der Waals surface area contributed by atoms with E-state index in [0.29, 0.717) is 11.1 Å². The van der Waals surface area contributed by atoms with Crippen LogP contribution in [-0.4, -0.2) is 12.6 Å². The lowest BCUT2D eigenvalue weighted by atomic mass is 10.1. The Morgan fingerprint density at radius 2 is 1.21 bits per heavy atom. The Kier molecular flexibility index (Phi) is 6.96. The van der Waals surface area contributed by atoms with Crippen LogP contribution >= 0.6 is 0 Å². The summed E-state index contributed by atoms with van der Waals surface area (Å²) in [7, 11) is 0. The lowest BCUT2D eigenvalue weighted by molar-refractivity contribution is 0.111. The third kappa shape index (κ3) is 5.84. The van der Waals surface area contributed by atoms with Gasteiger partial charge in [0.1, 0.15) is 12.6 Å². The van der Waals surface area contributed by atoms with Crippen molar-refractivity contribution >= 4 is 18.3 Å². The van der Waals surface area contributed by atoms with Gasteiger partial charge in [-0.2, -0.15) is 0 Å². The largest absolute Gasteiger partial charge is 0.399 e. The van der Waals surface area contributed by atoms with E-state index in [0.717, 1.165) is 30.1 Å². The van der Waals surface area contributed by atoms with Crippen LogP contribution in [0.3, 0.4) is 0 Å². The van der Waals surface area contributed by atoms with E-state index in [1.165, 1.54) is 19.3 Å². The molecule has 2 aromatic rings. The van der Waals surface area contributed by atoms with Crippen molar-refractivity contribution in [2.75, 3.05) is 5.73 Å². The van der Waals surface area contributed by atoms with Gasteiger partial charge >= 0.3 is 0 Å². The highest BCUT2D eigenvalue weighted by Gasteiger charge is 2.25. The summed E-state index contributed by atoms with van der Waals surface area (Å²) in [5.41, 5.74) is 7.36. The van der Waals surface area contributed by atoms with Crippen molar-refractivity contribution < 1.29 is 9.59 Å². The van der Waals surface area contributed by atoms with E-state index in [4.69, 9.17) is 5.73 Å². The van der Waals surface area contributed by atoms with Gasteiger partial charge in [-0.3, -0.25) is 9.59 Å². The normalized spacial score (nSPS) is 19.5. The first-order valence-electron chi connectivity index (χ1n) is 8.20. The highest BCUT2D eigenvalue weighted by atomic mass is 16.1. The lowest BCUT2D eigenvalue weighted by Crippen LogP contribution is -1.82. The maximum absolute atomic E-state index is 10.1. The molecule has 4 rings (SSSR count). The number of carbonyl (C=O) groups excluding carboxylic acids is 2. The second-order valence-electron chi connectivity index (χ2n) is 6.03. The van der Waals surface area contributed by atoms with Gasteiger partial charge in [0, 0.05) is 16.8 Å². The molecule has 0 heterocycles. The summed E-state index contributed by atoms with van der Waals surface area (Å²) in [6.45, 7) is 0. The van der Waals surface area contributed by atoms with Gasteiger partial charge in [-0.05, 0) is 43.2 Å². The number of anilines is 1. The van der Waals surface area contributed by atoms with Crippen molar-refractivity contribution in [3.8, 4) is 0 Å². The summed E-state index contributed by atoms with van der Waals surface area (Å²) in [5, 5.41) is 0. The Hall–Kier alpha value is -2.68. The molecule has 2 aliphatic carbocycles. The van der Waals surface area contributed by atoms with Gasteiger partial charge in [0.15, 0.2) is 0 Å². The third-order valence-electron chi connectivity index (χ3n) is 4.18. The van der Waals surface area contributed by atoms with Crippen molar-refractivity contribution in [2.24, 2.45) is 11.8 Å². The molecule has 1 fully saturated rings. The van der Waals surface area contributed by atoms with Crippen LogP contribution in [0.2, 0.25) is 0 Å². The molecule has 3 heteroatoms. The summed E-state index contributed by atoms with van der Waals surface area (Å²) in [6.07, 6.45) is 10.7. The molecule has 2 aliphatic rings. The fourth-order valence-electron chi connectivity index (χ4n) is 2.82. The Labute approximate surface area is 143 Å². The van der Waals surface area contributed by atoms with Crippen LogP contribution in [0.25, 0.3) is 0 Å². The molecular formula is C21H23NO2. The summed E-state index contributed by atoms with van der Waals surface area (Å²) in [4.78, 5) is 20.2. The molecule has 0 aromatic heterocycles. The number of benzene rings is 2. The third-order valence-corrected chi connectivity index (χ3v) is 4.18. The maximum Gasteiger partial charge on any atom is 0.150 e. The first kappa shape index (κ1) is 17.7. The molecule has 2 bridgehead atoms. The number of aldehydes is 2. The summed E-state index contributed by atoms with van der Waals surface area (Å²) in [5.74, 6) is 1.98. The minimum Gasteiger partial charge on any atom is -0.399 e. The number of fused-ring (bicyclic) bond motifs is 2. The second kappa shape index (κ2) is 9.46. The van der Waals surface area contributed by atoms with E-state index >= 15 is 0 Å². The SMILES string of the molecule is C1=CC2CCC1C2.Nc1ccccc1.O=Cc1ccc(C=O)cc1. The Morgan fingerprint density at radius 1 is 0.750 bits per heavy atom. The van der Waals surface area contributed by atoms with Crippen LogP contribution in [0.15, 0.2) is 66.7 Å². The summed E-state index contributed by atoms with van der Waals surface area (Å²) >= 11 is 0. The zero-order chi connectivity index (χ0) is 17.2. The number of para-hydroxylation sites is 1. The second-order valence-corrected chi connectivity index (χ2v) is 6.03. The Balaban J connectivity index is 0.000000133. The van der Waals surface area contributed by atoms with E-state index in [1.54, 1.807) is 24.3 Å². The molecule has 2 aromatic carbocycles. The topological polar surface area (TPSA) is 60.2 Å². The molecule has 1 saturated carbocycles. The van der Waals surface area contributed by atoms with Gasteiger partial charge in [-0.25, -0.2) is 0 Å². The number of rotatable bonds is 2. The lowest BCUT2D eigenvalue weighted by Gasteiger charge is -1.96. The van der Waals surface area contributed by atoms with Crippen LogP contribution in [0.1, 0.15) is 40.0 Å². The van der Waals surface area contributed by atoms with E-state index < -0.39 is 0 Å². The quantitative estimate of drug-likeness (QED) is 0.501. The molecule has 0 radical (unpaired) electrons. The van der Waals surface area contributed by atoms with E-state index in [2.05, 4.69) is 12.2 Å². The molecule has 2 unspecified atom stereocenters. The van der Waals surface area contributed by atoms with Crippen LogP contribution < -0.4 is 5.73 Å². The van der Waals surface area contributed by atoms with Crippen LogP contribution in [0.4, 0.5) is 5.69 Å². The molecule has 24 heavy (non-hydrogen) atoms. The van der Waals surface area contributed by atoms with Gasteiger partial charge in [0.05, 0.1) is 0 Å². The van der Waals surface area contributed by atoms with Gasteiger partial charge < -0.3 is 5.73 Å². The molecule has 0 saturated heterocycles. The van der Waals surface area contributed by atoms with Gasteiger partial charge in [0.25, 0.3) is 0 Å². The summed E-state index contributed by atoms with van der Waals surface area (Å²) < 4.78 is 0. The Bertz CT molecular complexity index is 623. The fourth-order valence-corrected chi connectivity index (χ4v) is 2.82. The minimum atomic E-state index is 0.589. The summed E-state index contributed by atoms with van der Waals surface area (Å²) in [6, 6.07) is 15.9. The molecule has 0 amide bonds.